The lowest BCUT2D eigenvalue weighted by atomic mass is 9.95. The van der Waals surface area contributed by atoms with Crippen LogP contribution in [0.3, 0.4) is 0 Å². The third kappa shape index (κ3) is 3.19. The fourth-order valence-corrected chi connectivity index (χ4v) is 2.25. The van der Waals surface area contributed by atoms with Gasteiger partial charge in [-0.1, -0.05) is 13.8 Å². The van der Waals surface area contributed by atoms with Crippen molar-refractivity contribution in [1.82, 2.24) is 0 Å². The summed E-state index contributed by atoms with van der Waals surface area (Å²) in [7, 11) is 0. The number of rotatable bonds is 3. The van der Waals surface area contributed by atoms with Crippen molar-refractivity contribution in [3.8, 4) is 0 Å². The van der Waals surface area contributed by atoms with Gasteiger partial charge in [0.05, 0.1) is 6.10 Å². The van der Waals surface area contributed by atoms with Crippen LogP contribution in [-0.2, 0) is 4.74 Å². The molecule has 0 saturated carbocycles. The highest BCUT2D eigenvalue weighted by Gasteiger charge is 2.24. The van der Waals surface area contributed by atoms with Gasteiger partial charge in [0.1, 0.15) is 0 Å². The topological polar surface area (TPSA) is 21.3 Å². The second kappa shape index (κ2) is 5.65. The van der Waals surface area contributed by atoms with E-state index in [0.29, 0.717) is 18.2 Å². The SMILES string of the molecule is CC(C)C1CC(Nc2ccc(F)c(F)c2)CCO1. The van der Waals surface area contributed by atoms with Crippen LogP contribution in [0.25, 0.3) is 0 Å². The summed E-state index contributed by atoms with van der Waals surface area (Å²) < 4.78 is 31.6. The lowest BCUT2D eigenvalue weighted by Gasteiger charge is -2.32. The highest BCUT2D eigenvalue weighted by molar-refractivity contribution is 5.44. The Morgan fingerprint density at radius 2 is 2.06 bits per heavy atom. The van der Waals surface area contributed by atoms with Crippen molar-refractivity contribution in [1.29, 1.82) is 0 Å². The van der Waals surface area contributed by atoms with Gasteiger partial charge in [-0.15, -0.1) is 0 Å². The summed E-state index contributed by atoms with van der Waals surface area (Å²) >= 11 is 0. The van der Waals surface area contributed by atoms with Gasteiger partial charge in [0.2, 0.25) is 0 Å². The number of anilines is 1. The molecule has 4 heteroatoms. The second-order valence-electron chi connectivity index (χ2n) is 5.15. The number of benzene rings is 1. The Morgan fingerprint density at radius 3 is 2.72 bits per heavy atom. The maximum atomic E-state index is 13.1. The fourth-order valence-electron chi connectivity index (χ4n) is 2.25. The van der Waals surface area contributed by atoms with Crippen LogP contribution >= 0.6 is 0 Å². The van der Waals surface area contributed by atoms with Gasteiger partial charge in [0.15, 0.2) is 11.6 Å². The molecule has 1 aliphatic heterocycles. The molecule has 1 aromatic rings. The minimum absolute atomic E-state index is 0.238. The first-order chi connectivity index (χ1) is 8.56. The van der Waals surface area contributed by atoms with Crippen LogP contribution < -0.4 is 5.32 Å². The minimum Gasteiger partial charge on any atom is -0.382 e. The molecular formula is C14H19F2NO. The maximum Gasteiger partial charge on any atom is 0.160 e. The van der Waals surface area contributed by atoms with E-state index in [2.05, 4.69) is 19.2 Å². The lowest BCUT2D eigenvalue weighted by Crippen LogP contribution is -2.36. The molecule has 1 aliphatic rings. The van der Waals surface area contributed by atoms with Crippen LogP contribution in [0.1, 0.15) is 26.7 Å². The molecule has 1 saturated heterocycles. The molecule has 0 amide bonds. The summed E-state index contributed by atoms with van der Waals surface area (Å²) in [5, 5.41) is 3.25. The predicted octanol–water partition coefficient (Wildman–Crippen LogP) is 3.58. The number of hydrogen-bond acceptors (Lipinski definition) is 2. The number of hydrogen-bond donors (Lipinski definition) is 1. The van der Waals surface area contributed by atoms with Crippen LogP contribution in [0.15, 0.2) is 18.2 Å². The van der Waals surface area contributed by atoms with Gasteiger partial charge in [0, 0.05) is 24.4 Å². The molecule has 0 radical (unpaired) electrons. The van der Waals surface area contributed by atoms with E-state index in [-0.39, 0.29) is 12.1 Å². The Hall–Kier alpha value is -1.16. The maximum absolute atomic E-state index is 13.1. The molecule has 0 bridgehead atoms. The molecule has 0 aromatic heterocycles. The largest absolute Gasteiger partial charge is 0.382 e. The summed E-state index contributed by atoms with van der Waals surface area (Å²) in [6.45, 7) is 4.97. The standard InChI is InChI=1S/C14H19F2NO/c1-9(2)14-8-11(5-6-18-14)17-10-3-4-12(15)13(16)7-10/h3-4,7,9,11,14,17H,5-6,8H2,1-2H3. The van der Waals surface area contributed by atoms with Gasteiger partial charge in [0.25, 0.3) is 0 Å². The summed E-state index contributed by atoms with van der Waals surface area (Å²) in [5.41, 5.74) is 0.628. The highest BCUT2D eigenvalue weighted by Crippen LogP contribution is 2.23. The zero-order valence-corrected chi connectivity index (χ0v) is 10.7. The van der Waals surface area contributed by atoms with Crippen LogP contribution in [0.5, 0.6) is 0 Å². The Labute approximate surface area is 106 Å². The van der Waals surface area contributed by atoms with E-state index >= 15 is 0 Å². The van der Waals surface area contributed by atoms with Gasteiger partial charge in [-0.05, 0) is 30.9 Å². The predicted molar refractivity (Wildman–Crippen MR) is 67.6 cm³/mol. The van der Waals surface area contributed by atoms with Crippen molar-refractivity contribution in [2.24, 2.45) is 5.92 Å². The van der Waals surface area contributed by atoms with Gasteiger partial charge >= 0.3 is 0 Å². The molecule has 0 aliphatic carbocycles. The molecule has 2 rings (SSSR count). The monoisotopic (exact) mass is 255 g/mol. The van der Waals surface area contributed by atoms with E-state index in [1.54, 1.807) is 6.07 Å². The van der Waals surface area contributed by atoms with E-state index < -0.39 is 11.6 Å². The smallest absolute Gasteiger partial charge is 0.160 e. The van der Waals surface area contributed by atoms with Crippen molar-refractivity contribution < 1.29 is 13.5 Å². The molecule has 0 spiro atoms. The fraction of sp³-hybridized carbons (Fsp3) is 0.571. The van der Waals surface area contributed by atoms with E-state index in [4.69, 9.17) is 4.74 Å². The van der Waals surface area contributed by atoms with E-state index in [0.717, 1.165) is 18.9 Å². The van der Waals surface area contributed by atoms with Gasteiger partial charge in [-0.25, -0.2) is 8.78 Å². The van der Waals surface area contributed by atoms with Crippen molar-refractivity contribution in [3.05, 3.63) is 29.8 Å². The number of nitrogens with one attached hydrogen (secondary N) is 1. The molecule has 2 unspecified atom stereocenters. The normalized spacial score (nSPS) is 24.3. The quantitative estimate of drug-likeness (QED) is 0.891. The first-order valence-corrected chi connectivity index (χ1v) is 6.39. The molecule has 18 heavy (non-hydrogen) atoms. The van der Waals surface area contributed by atoms with Crippen LogP contribution in [0, 0.1) is 17.6 Å². The third-order valence-corrected chi connectivity index (χ3v) is 3.35. The molecule has 2 nitrogen and oxygen atoms in total. The average molecular weight is 255 g/mol. The van der Waals surface area contributed by atoms with Gasteiger partial charge in [-0.2, -0.15) is 0 Å². The van der Waals surface area contributed by atoms with Crippen LogP contribution in [0.4, 0.5) is 14.5 Å². The van der Waals surface area contributed by atoms with Crippen molar-refractivity contribution in [3.63, 3.8) is 0 Å². The Bertz CT molecular complexity index is 409. The third-order valence-electron chi connectivity index (χ3n) is 3.35. The Balaban J connectivity index is 1.98. The van der Waals surface area contributed by atoms with Crippen LogP contribution in [-0.4, -0.2) is 18.8 Å². The molecule has 1 heterocycles. The lowest BCUT2D eigenvalue weighted by molar-refractivity contribution is -0.0160. The van der Waals surface area contributed by atoms with E-state index in [9.17, 15) is 8.78 Å². The van der Waals surface area contributed by atoms with Crippen molar-refractivity contribution in [2.45, 2.75) is 38.8 Å². The Morgan fingerprint density at radius 1 is 1.28 bits per heavy atom. The number of halogens is 2. The highest BCUT2D eigenvalue weighted by atomic mass is 19.2. The van der Waals surface area contributed by atoms with Crippen LogP contribution in [0.2, 0.25) is 0 Å². The van der Waals surface area contributed by atoms with E-state index in [1.807, 2.05) is 0 Å². The second-order valence-corrected chi connectivity index (χ2v) is 5.15. The van der Waals surface area contributed by atoms with Gasteiger partial charge in [-0.3, -0.25) is 0 Å². The minimum atomic E-state index is -0.813. The van der Waals surface area contributed by atoms with Gasteiger partial charge < -0.3 is 10.1 Å². The molecule has 1 aromatic carbocycles. The zero-order valence-electron chi connectivity index (χ0n) is 10.7. The summed E-state index contributed by atoms with van der Waals surface area (Å²) in [4.78, 5) is 0. The summed E-state index contributed by atoms with van der Waals surface area (Å²) in [6.07, 6.45) is 2.03. The first kappa shape index (κ1) is 13.3. The summed E-state index contributed by atoms with van der Waals surface area (Å²) in [5.74, 6) is -1.15. The molecule has 2 atom stereocenters. The average Bonchev–Trinajstić information content (AvgIpc) is 2.34. The Kier molecular flexibility index (Phi) is 4.17. The summed E-state index contributed by atoms with van der Waals surface area (Å²) in [6, 6.07) is 4.18. The van der Waals surface area contributed by atoms with Crippen molar-refractivity contribution >= 4 is 5.69 Å². The van der Waals surface area contributed by atoms with E-state index in [1.165, 1.54) is 6.07 Å². The number of ether oxygens (including phenoxy) is 1. The zero-order chi connectivity index (χ0) is 13.1. The molecule has 1 fully saturated rings. The molecule has 100 valence electrons. The van der Waals surface area contributed by atoms with Crippen molar-refractivity contribution in [2.75, 3.05) is 11.9 Å². The first-order valence-electron chi connectivity index (χ1n) is 6.39. The molecular weight excluding hydrogens is 236 g/mol. The molecule has 1 N–H and O–H groups in total.